The fraction of sp³-hybridized carbons (Fsp3) is 0.100. The molecule has 0 fully saturated rings. The maximum atomic E-state index is 12.3. The van der Waals surface area contributed by atoms with Crippen LogP contribution in [-0.4, -0.2) is 26.4 Å². The van der Waals surface area contributed by atoms with Gasteiger partial charge in [0, 0.05) is 12.1 Å². The standard InChI is InChI=1S/C20H19N3O5S/c1-27-20-11-7-16(13-21-20)23-19(24)10-6-15-4-8-18(9-5-15)29(25,26)22-14-17-3-2-12-28-17/h2-13,22H,14H2,1H3,(H,23,24). The maximum absolute atomic E-state index is 12.3. The van der Waals surface area contributed by atoms with Crippen molar-refractivity contribution in [1.82, 2.24) is 9.71 Å². The molecular weight excluding hydrogens is 394 g/mol. The van der Waals surface area contributed by atoms with E-state index in [1.54, 1.807) is 42.5 Å². The van der Waals surface area contributed by atoms with Crippen LogP contribution in [0.25, 0.3) is 6.08 Å². The van der Waals surface area contributed by atoms with Crippen LogP contribution in [0.15, 0.2) is 76.4 Å². The number of benzene rings is 1. The van der Waals surface area contributed by atoms with E-state index in [4.69, 9.17) is 9.15 Å². The molecule has 8 nitrogen and oxygen atoms in total. The number of pyridine rings is 1. The Morgan fingerprint density at radius 2 is 1.97 bits per heavy atom. The van der Waals surface area contributed by atoms with Crippen LogP contribution in [0.1, 0.15) is 11.3 Å². The van der Waals surface area contributed by atoms with Gasteiger partial charge < -0.3 is 14.5 Å². The van der Waals surface area contributed by atoms with Crippen molar-refractivity contribution in [2.45, 2.75) is 11.4 Å². The highest BCUT2D eigenvalue weighted by molar-refractivity contribution is 7.89. The molecule has 2 heterocycles. The lowest BCUT2D eigenvalue weighted by molar-refractivity contribution is -0.111. The summed E-state index contributed by atoms with van der Waals surface area (Å²) < 4.78 is 37.1. The van der Waals surface area contributed by atoms with Gasteiger partial charge in [0.2, 0.25) is 21.8 Å². The summed E-state index contributed by atoms with van der Waals surface area (Å²) in [6.07, 6.45) is 5.90. The third-order valence-electron chi connectivity index (χ3n) is 3.85. The molecule has 1 aromatic carbocycles. The van der Waals surface area contributed by atoms with E-state index in [0.29, 0.717) is 22.9 Å². The van der Waals surface area contributed by atoms with E-state index >= 15 is 0 Å². The van der Waals surface area contributed by atoms with Crippen LogP contribution >= 0.6 is 0 Å². The highest BCUT2D eigenvalue weighted by atomic mass is 32.2. The molecule has 2 N–H and O–H groups in total. The van der Waals surface area contributed by atoms with Crippen molar-refractivity contribution in [3.8, 4) is 5.88 Å². The smallest absolute Gasteiger partial charge is 0.248 e. The molecule has 1 amide bonds. The number of furan rings is 1. The number of ether oxygens (including phenoxy) is 1. The van der Waals surface area contributed by atoms with E-state index in [0.717, 1.165) is 0 Å². The lowest BCUT2D eigenvalue weighted by atomic mass is 10.2. The first-order chi connectivity index (χ1) is 14.0. The molecule has 0 aliphatic rings. The first kappa shape index (κ1) is 20.3. The second-order valence-electron chi connectivity index (χ2n) is 5.88. The fourth-order valence-corrected chi connectivity index (χ4v) is 3.34. The van der Waals surface area contributed by atoms with Crippen molar-refractivity contribution in [2.24, 2.45) is 0 Å². The molecule has 2 aromatic heterocycles. The number of carbonyl (C=O) groups excluding carboxylic acids is 1. The number of nitrogens with zero attached hydrogens (tertiary/aromatic N) is 1. The topological polar surface area (TPSA) is 111 Å². The molecule has 0 aliphatic heterocycles. The van der Waals surface area contributed by atoms with Gasteiger partial charge in [-0.2, -0.15) is 0 Å². The van der Waals surface area contributed by atoms with Gasteiger partial charge in [-0.15, -0.1) is 0 Å². The summed E-state index contributed by atoms with van der Waals surface area (Å²) in [7, 11) is -2.15. The quantitative estimate of drug-likeness (QED) is 0.550. The average Bonchev–Trinajstić information content (AvgIpc) is 3.25. The summed E-state index contributed by atoms with van der Waals surface area (Å²) in [6, 6.07) is 12.8. The normalized spacial score (nSPS) is 11.5. The summed E-state index contributed by atoms with van der Waals surface area (Å²) in [6.45, 7) is 0.0668. The lowest BCUT2D eigenvalue weighted by Crippen LogP contribution is -2.22. The van der Waals surface area contributed by atoms with Crippen LogP contribution in [0.3, 0.4) is 0 Å². The number of methoxy groups -OCH3 is 1. The lowest BCUT2D eigenvalue weighted by Gasteiger charge is -2.06. The monoisotopic (exact) mass is 413 g/mol. The third kappa shape index (κ3) is 5.77. The van der Waals surface area contributed by atoms with Crippen molar-refractivity contribution >= 4 is 27.7 Å². The Morgan fingerprint density at radius 3 is 2.59 bits per heavy atom. The molecule has 0 bridgehead atoms. The van der Waals surface area contributed by atoms with E-state index in [9.17, 15) is 13.2 Å². The van der Waals surface area contributed by atoms with Crippen molar-refractivity contribution in [2.75, 3.05) is 12.4 Å². The summed E-state index contributed by atoms with van der Waals surface area (Å²) in [5, 5.41) is 2.67. The van der Waals surface area contributed by atoms with E-state index < -0.39 is 10.0 Å². The highest BCUT2D eigenvalue weighted by Gasteiger charge is 2.13. The minimum Gasteiger partial charge on any atom is -0.481 e. The van der Waals surface area contributed by atoms with E-state index in [1.807, 2.05) is 0 Å². The highest BCUT2D eigenvalue weighted by Crippen LogP contribution is 2.14. The number of nitrogens with one attached hydrogen (secondary N) is 2. The minimum absolute atomic E-state index is 0.0668. The molecule has 0 saturated carbocycles. The number of amides is 1. The molecule has 0 saturated heterocycles. The van der Waals surface area contributed by atoms with Crippen LogP contribution in [0.2, 0.25) is 0 Å². The van der Waals surface area contributed by atoms with Crippen LogP contribution in [0.5, 0.6) is 5.88 Å². The third-order valence-corrected chi connectivity index (χ3v) is 5.26. The largest absolute Gasteiger partial charge is 0.481 e. The molecule has 0 spiro atoms. The van der Waals surface area contributed by atoms with Crippen molar-refractivity contribution in [1.29, 1.82) is 0 Å². The summed E-state index contributed by atoms with van der Waals surface area (Å²) in [5.74, 6) is 0.632. The number of rotatable bonds is 8. The van der Waals surface area contributed by atoms with Crippen molar-refractivity contribution < 1.29 is 22.4 Å². The van der Waals surface area contributed by atoms with Crippen LogP contribution in [0.4, 0.5) is 5.69 Å². The second-order valence-corrected chi connectivity index (χ2v) is 7.65. The molecule has 3 aromatic rings. The number of aromatic nitrogens is 1. The van der Waals surface area contributed by atoms with Crippen molar-refractivity contribution in [3.63, 3.8) is 0 Å². The molecule has 29 heavy (non-hydrogen) atoms. The zero-order valence-electron chi connectivity index (χ0n) is 15.5. The molecule has 3 rings (SSSR count). The van der Waals surface area contributed by atoms with Gasteiger partial charge >= 0.3 is 0 Å². The average molecular weight is 413 g/mol. The van der Waals surface area contributed by atoms with Gasteiger partial charge in [-0.05, 0) is 42.0 Å². The molecule has 0 radical (unpaired) electrons. The van der Waals surface area contributed by atoms with Gasteiger partial charge in [-0.3, -0.25) is 4.79 Å². The molecule has 0 aliphatic carbocycles. The summed E-state index contributed by atoms with van der Waals surface area (Å²) >= 11 is 0. The number of sulfonamides is 1. The number of carbonyl (C=O) groups is 1. The Labute approximate surface area is 168 Å². The molecule has 9 heteroatoms. The minimum atomic E-state index is -3.66. The van der Waals surface area contributed by atoms with Gasteiger partial charge in [-0.25, -0.2) is 18.1 Å². The Bertz CT molecular complexity index is 1070. The number of hydrogen-bond donors (Lipinski definition) is 2. The summed E-state index contributed by atoms with van der Waals surface area (Å²) in [4.78, 5) is 16.1. The van der Waals surface area contributed by atoms with Gasteiger partial charge in [0.25, 0.3) is 0 Å². The van der Waals surface area contributed by atoms with Gasteiger partial charge in [0.15, 0.2) is 0 Å². The summed E-state index contributed by atoms with van der Waals surface area (Å²) in [5.41, 5.74) is 1.21. The van der Waals surface area contributed by atoms with Gasteiger partial charge in [0.05, 0.1) is 36.7 Å². The van der Waals surface area contributed by atoms with E-state index in [1.165, 1.54) is 37.8 Å². The molecule has 0 unspecified atom stereocenters. The van der Waals surface area contributed by atoms with Crippen LogP contribution in [-0.2, 0) is 21.4 Å². The predicted octanol–water partition coefficient (Wildman–Crippen LogP) is 2.81. The molecule has 0 atom stereocenters. The Balaban J connectivity index is 1.58. The second kappa shape index (κ2) is 9.18. The zero-order chi connectivity index (χ0) is 20.7. The van der Waals surface area contributed by atoms with E-state index in [-0.39, 0.29) is 17.3 Å². The Kier molecular flexibility index (Phi) is 6.43. The number of anilines is 1. The van der Waals surface area contributed by atoms with Crippen LogP contribution in [0, 0.1) is 0 Å². The van der Waals surface area contributed by atoms with Gasteiger partial charge in [-0.1, -0.05) is 12.1 Å². The Hall–Kier alpha value is -3.43. The van der Waals surface area contributed by atoms with Crippen molar-refractivity contribution in [3.05, 3.63) is 78.4 Å². The van der Waals surface area contributed by atoms with Gasteiger partial charge in [0.1, 0.15) is 5.76 Å². The first-order valence-corrected chi connectivity index (χ1v) is 10.1. The molecular formula is C20H19N3O5S. The maximum Gasteiger partial charge on any atom is 0.248 e. The predicted molar refractivity (Wildman–Crippen MR) is 108 cm³/mol. The van der Waals surface area contributed by atoms with Crippen LogP contribution < -0.4 is 14.8 Å². The Morgan fingerprint density at radius 1 is 1.17 bits per heavy atom. The number of hydrogen-bond acceptors (Lipinski definition) is 6. The SMILES string of the molecule is COc1ccc(NC(=O)C=Cc2ccc(S(=O)(=O)NCc3ccco3)cc2)cn1. The van der Waals surface area contributed by atoms with E-state index in [2.05, 4.69) is 15.0 Å². The molecule has 150 valence electrons. The zero-order valence-corrected chi connectivity index (χ0v) is 16.3. The fourth-order valence-electron chi connectivity index (χ4n) is 2.35. The first-order valence-electron chi connectivity index (χ1n) is 8.57.